The molecule has 106 valence electrons. The molecule has 2 aromatic rings. The van der Waals surface area contributed by atoms with Gasteiger partial charge < -0.3 is 10.5 Å². The molecule has 0 radical (unpaired) electrons. The van der Waals surface area contributed by atoms with Crippen molar-refractivity contribution in [3.05, 3.63) is 64.7 Å². The number of halogens is 2. The van der Waals surface area contributed by atoms with Crippen molar-refractivity contribution in [2.24, 2.45) is 5.73 Å². The van der Waals surface area contributed by atoms with Crippen LogP contribution in [0.4, 0.5) is 8.78 Å². The summed E-state index contributed by atoms with van der Waals surface area (Å²) in [6.45, 7) is 3.93. The molecule has 2 aromatic carbocycles. The maximum Gasteiger partial charge on any atom is 0.126 e. The molecule has 20 heavy (non-hydrogen) atoms. The summed E-state index contributed by atoms with van der Waals surface area (Å²) in [7, 11) is 0. The highest BCUT2D eigenvalue weighted by Gasteiger charge is 2.09. The molecule has 1 atom stereocenters. The van der Waals surface area contributed by atoms with E-state index in [1.54, 1.807) is 0 Å². The van der Waals surface area contributed by atoms with Crippen LogP contribution in [-0.4, -0.2) is 0 Å². The van der Waals surface area contributed by atoms with Gasteiger partial charge >= 0.3 is 0 Å². The van der Waals surface area contributed by atoms with Gasteiger partial charge in [0.05, 0.1) is 0 Å². The Bertz CT molecular complexity index is 591. The Morgan fingerprint density at radius 3 is 2.35 bits per heavy atom. The molecule has 0 aliphatic carbocycles. The van der Waals surface area contributed by atoms with Crippen LogP contribution in [0.25, 0.3) is 0 Å². The van der Waals surface area contributed by atoms with Crippen LogP contribution in [0.1, 0.15) is 29.7 Å². The van der Waals surface area contributed by atoms with Crippen LogP contribution in [0.3, 0.4) is 0 Å². The number of nitrogens with two attached hydrogens (primary N) is 1. The highest BCUT2D eigenvalue weighted by molar-refractivity contribution is 5.39. The molecular weight excluding hydrogens is 260 g/mol. The Balaban J connectivity index is 2.18. The lowest BCUT2D eigenvalue weighted by Gasteiger charge is -2.15. The van der Waals surface area contributed by atoms with Crippen LogP contribution in [0.15, 0.2) is 36.4 Å². The van der Waals surface area contributed by atoms with Crippen molar-refractivity contribution in [1.82, 2.24) is 0 Å². The molecular formula is C16H17F2NO. The highest BCUT2D eigenvalue weighted by atomic mass is 19.1. The molecule has 0 aliphatic heterocycles. The molecule has 0 fully saturated rings. The molecule has 0 bridgehead atoms. The number of hydrogen-bond donors (Lipinski definition) is 1. The van der Waals surface area contributed by atoms with Crippen molar-refractivity contribution in [2.75, 3.05) is 0 Å². The zero-order valence-corrected chi connectivity index (χ0v) is 11.5. The minimum absolute atomic E-state index is 0.0947. The molecule has 0 heterocycles. The van der Waals surface area contributed by atoms with Crippen molar-refractivity contribution in [3.8, 4) is 5.75 Å². The van der Waals surface area contributed by atoms with Crippen LogP contribution in [0.5, 0.6) is 5.75 Å². The van der Waals surface area contributed by atoms with Gasteiger partial charge in [0.25, 0.3) is 0 Å². The number of hydrogen-bond acceptors (Lipinski definition) is 2. The van der Waals surface area contributed by atoms with E-state index in [1.165, 1.54) is 12.1 Å². The zero-order chi connectivity index (χ0) is 14.7. The van der Waals surface area contributed by atoms with Crippen LogP contribution < -0.4 is 10.5 Å². The molecule has 0 saturated heterocycles. The predicted octanol–water partition coefficient (Wildman–Crippen LogP) is 3.87. The Hall–Kier alpha value is -1.94. The van der Waals surface area contributed by atoms with Gasteiger partial charge in [-0.05, 0) is 37.6 Å². The van der Waals surface area contributed by atoms with Crippen molar-refractivity contribution < 1.29 is 13.5 Å². The van der Waals surface area contributed by atoms with Gasteiger partial charge in [-0.25, -0.2) is 8.78 Å². The summed E-state index contributed by atoms with van der Waals surface area (Å²) < 4.78 is 31.8. The number of ether oxygens (including phenoxy) is 1. The van der Waals surface area contributed by atoms with E-state index < -0.39 is 11.6 Å². The van der Waals surface area contributed by atoms with Gasteiger partial charge in [-0.3, -0.25) is 0 Å². The smallest absolute Gasteiger partial charge is 0.126 e. The molecule has 0 aromatic heterocycles. The summed E-state index contributed by atoms with van der Waals surface area (Å²) in [5.41, 5.74) is 8.31. The molecule has 2 nitrogen and oxygen atoms in total. The fraction of sp³-hybridized carbons (Fsp3) is 0.250. The summed E-state index contributed by atoms with van der Waals surface area (Å²) in [6, 6.07) is 8.85. The van der Waals surface area contributed by atoms with E-state index in [0.29, 0.717) is 11.3 Å². The van der Waals surface area contributed by atoms with Crippen molar-refractivity contribution >= 4 is 0 Å². The fourth-order valence-corrected chi connectivity index (χ4v) is 2.01. The standard InChI is InChI=1S/C16H17F2NO/c1-10-3-4-16(15(5-10)11(2)19)20-9-12-6-13(17)8-14(18)7-12/h3-8,11H,9,19H2,1-2H3/t11-/m1/s1. The number of aryl methyl sites for hydroxylation is 1. The first-order valence-corrected chi connectivity index (χ1v) is 6.39. The molecule has 0 aliphatic rings. The molecule has 0 amide bonds. The van der Waals surface area contributed by atoms with Crippen molar-refractivity contribution in [1.29, 1.82) is 0 Å². The molecule has 0 unspecified atom stereocenters. The third-order valence-corrected chi connectivity index (χ3v) is 2.97. The normalized spacial score (nSPS) is 12.2. The van der Waals surface area contributed by atoms with E-state index in [2.05, 4.69) is 0 Å². The van der Waals surface area contributed by atoms with E-state index in [0.717, 1.165) is 17.2 Å². The second-order valence-electron chi connectivity index (χ2n) is 4.90. The van der Waals surface area contributed by atoms with E-state index in [1.807, 2.05) is 32.0 Å². The number of benzene rings is 2. The Labute approximate surface area is 117 Å². The first-order chi connectivity index (χ1) is 9.45. The predicted molar refractivity (Wildman–Crippen MR) is 74.5 cm³/mol. The lowest BCUT2D eigenvalue weighted by Crippen LogP contribution is -2.08. The summed E-state index contributed by atoms with van der Waals surface area (Å²) in [4.78, 5) is 0. The van der Waals surface area contributed by atoms with E-state index in [-0.39, 0.29) is 12.6 Å². The van der Waals surface area contributed by atoms with E-state index in [9.17, 15) is 8.78 Å². The lowest BCUT2D eigenvalue weighted by molar-refractivity contribution is 0.300. The van der Waals surface area contributed by atoms with Crippen LogP contribution in [0, 0.1) is 18.6 Å². The monoisotopic (exact) mass is 277 g/mol. The van der Waals surface area contributed by atoms with Gasteiger partial charge in [0.1, 0.15) is 24.0 Å². The van der Waals surface area contributed by atoms with Gasteiger partial charge in [0.2, 0.25) is 0 Å². The SMILES string of the molecule is Cc1ccc(OCc2cc(F)cc(F)c2)c([C@@H](C)N)c1. The Kier molecular flexibility index (Phi) is 4.35. The van der Waals surface area contributed by atoms with Gasteiger partial charge in [-0.2, -0.15) is 0 Å². The summed E-state index contributed by atoms with van der Waals surface area (Å²) in [5, 5.41) is 0. The van der Waals surface area contributed by atoms with Crippen LogP contribution >= 0.6 is 0 Å². The third-order valence-electron chi connectivity index (χ3n) is 2.97. The molecule has 4 heteroatoms. The lowest BCUT2D eigenvalue weighted by atomic mass is 10.1. The second-order valence-corrected chi connectivity index (χ2v) is 4.90. The second kappa shape index (κ2) is 6.01. The van der Waals surface area contributed by atoms with Gasteiger partial charge in [0.15, 0.2) is 0 Å². The highest BCUT2D eigenvalue weighted by Crippen LogP contribution is 2.26. The molecule has 2 N–H and O–H groups in total. The largest absolute Gasteiger partial charge is 0.489 e. The summed E-state index contributed by atoms with van der Waals surface area (Å²) in [6.07, 6.45) is 0. The maximum absolute atomic E-state index is 13.1. The molecule has 0 spiro atoms. The van der Waals surface area contributed by atoms with Crippen LogP contribution in [-0.2, 0) is 6.61 Å². The molecule has 0 saturated carbocycles. The summed E-state index contributed by atoms with van der Waals surface area (Å²) >= 11 is 0. The van der Waals surface area contributed by atoms with Crippen molar-refractivity contribution in [3.63, 3.8) is 0 Å². The Morgan fingerprint density at radius 2 is 1.75 bits per heavy atom. The average molecular weight is 277 g/mol. The quantitative estimate of drug-likeness (QED) is 0.920. The fourth-order valence-electron chi connectivity index (χ4n) is 2.01. The first kappa shape index (κ1) is 14.5. The average Bonchev–Trinajstić information content (AvgIpc) is 2.36. The topological polar surface area (TPSA) is 35.2 Å². The minimum atomic E-state index is -0.611. The van der Waals surface area contributed by atoms with Gasteiger partial charge in [-0.1, -0.05) is 17.7 Å². The minimum Gasteiger partial charge on any atom is -0.489 e. The number of rotatable bonds is 4. The van der Waals surface area contributed by atoms with Gasteiger partial charge in [-0.15, -0.1) is 0 Å². The first-order valence-electron chi connectivity index (χ1n) is 6.39. The molecule has 2 rings (SSSR count). The van der Waals surface area contributed by atoms with E-state index >= 15 is 0 Å². The van der Waals surface area contributed by atoms with Crippen LogP contribution in [0.2, 0.25) is 0 Å². The third kappa shape index (κ3) is 3.54. The van der Waals surface area contributed by atoms with Gasteiger partial charge in [0, 0.05) is 17.7 Å². The zero-order valence-electron chi connectivity index (χ0n) is 11.5. The van der Waals surface area contributed by atoms with Crippen molar-refractivity contribution in [2.45, 2.75) is 26.5 Å². The van der Waals surface area contributed by atoms with E-state index in [4.69, 9.17) is 10.5 Å². The maximum atomic E-state index is 13.1. The Morgan fingerprint density at radius 1 is 1.10 bits per heavy atom. The summed E-state index contributed by atoms with van der Waals surface area (Å²) in [5.74, 6) is -0.588.